The Kier molecular flexibility index (Phi) is 4.75. The number of fused-ring (bicyclic) bond motifs is 1. The molecule has 0 radical (unpaired) electrons. The number of para-hydroxylation sites is 2. The van der Waals surface area contributed by atoms with Crippen molar-refractivity contribution in [3.05, 3.63) is 90.1 Å². The first-order chi connectivity index (χ1) is 14.7. The van der Waals surface area contributed by atoms with Crippen LogP contribution in [0, 0.1) is 6.92 Å². The second kappa shape index (κ2) is 7.71. The van der Waals surface area contributed by atoms with Crippen molar-refractivity contribution in [1.29, 1.82) is 0 Å². The first-order valence-electron chi connectivity index (χ1n) is 10.4. The van der Waals surface area contributed by atoms with Crippen LogP contribution >= 0.6 is 0 Å². The maximum absolute atomic E-state index is 6.25. The van der Waals surface area contributed by atoms with Crippen LogP contribution in [-0.2, 0) is 0 Å². The number of hydrogen-bond donors (Lipinski definition) is 1. The lowest BCUT2D eigenvalue weighted by Crippen LogP contribution is -2.20. The highest BCUT2D eigenvalue weighted by Gasteiger charge is 2.26. The van der Waals surface area contributed by atoms with Crippen LogP contribution in [-0.4, -0.2) is 18.1 Å². The summed E-state index contributed by atoms with van der Waals surface area (Å²) in [5.41, 5.74) is 11.6. The SMILES string of the molecule is Cc1cc(N2CCC(c3ccccc3N)C2)c2cc(Oc3ccccc3)ccc2n1. The fourth-order valence-electron chi connectivity index (χ4n) is 4.38. The van der Waals surface area contributed by atoms with E-state index in [1.165, 1.54) is 11.3 Å². The molecule has 0 aliphatic carbocycles. The van der Waals surface area contributed by atoms with Crippen molar-refractivity contribution >= 4 is 22.3 Å². The van der Waals surface area contributed by atoms with Gasteiger partial charge in [0, 0.05) is 41.5 Å². The summed E-state index contributed by atoms with van der Waals surface area (Å²) in [5, 5.41) is 1.12. The number of hydrogen-bond acceptors (Lipinski definition) is 4. The van der Waals surface area contributed by atoms with Gasteiger partial charge in [-0.3, -0.25) is 4.98 Å². The number of aryl methyl sites for hydroxylation is 1. The van der Waals surface area contributed by atoms with Gasteiger partial charge >= 0.3 is 0 Å². The third-order valence-corrected chi connectivity index (χ3v) is 5.83. The Labute approximate surface area is 176 Å². The van der Waals surface area contributed by atoms with Gasteiger partial charge in [-0.2, -0.15) is 0 Å². The minimum atomic E-state index is 0.443. The number of rotatable bonds is 4. The number of nitrogen functional groups attached to an aromatic ring is 1. The predicted octanol–water partition coefficient (Wildman–Crippen LogP) is 5.91. The summed E-state index contributed by atoms with van der Waals surface area (Å²) in [7, 11) is 0. The fourth-order valence-corrected chi connectivity index (χ4v) is 4.38. The molecule has 150 valence electrons. The average molecular weight is 396 g/mol. The molecule has 0 saturated carbocycles. The zero-order chi connectivity index (χ0) is 20.5. The van der Waals surface area contributed by atoms with Crippen LogP contribution < -0.4 is 15.4 Å². The molecule has 4 heteroatoms. The number of benzene rings is 3. The van der Waals surface area contributed by atoms with Gasteiger partial charge in [0.2, 0.25) is 0 Å². The highest BCUT2D eigenvalue weighted by atomic mass is 16.5. The molecule has 1 saturated heterocycles. The highest BCUT2D eigenvalue weighted by Crippen LogP contribution is 2.37. The minimum Gasteiger partial charge on any atom is -0.457 e. The van der Waals surface area contributed by atoms with E-state index in [9.17, 15) is 0 Å². The Morgan fingerprint density at radius 3 is 2.57 bits per heavy atom. The van der Waals surface area contributed by atoms with E-state index in [1.54, 1.807) is 0 Å². The summed E-state index contributed by atoms with van der Waals surface area (Å²) in [5.74, 6) is 2.10. The molecule has 0 spiro atoms. The topological polar surface area (TPSA) is 51.4 Å². The molecule has 1 aliphatic heterocycles. The molecule has 1 aromatic heterocycles. The van der Waals surface area contributed by atoms with Gasteiger partial charge in [0.05, 0.1) is 5.52 Å². The Bertz CT molecular complexity index is 1190. The van der Waals surface area contributed by atoms with E-state index in [4.69, 9.17) is 15.5 Å². The van der Waals surface area contributed by atoms with E-state index in [0.717, 1.165) is 53.3 Å². The van der Waals surface area contributed by atoms with E-state index in [2.05, 4.69) is 36.1 Å². The Hall–Kier alpha value is -3.53. The minimum absolute atomic E-state index is 0.443. The van der Waals surface area contributed by atoms with Crippen LogP contribution in [0.4, 0.5) is 11.4 Å². The monoisotopic (exact) mass is 395 g/mol. The number of nitrogens with two attached hydrogens (primary N) is 1. The third-order valence-electron chi connectivity index (χ3n) is 5.83. The van der Waals surface area contributed by atoms with Crippen molar-refractivity contribution in [3.8, 4) is 11.5 Å². The number of ether oxygens (including phenoxy) is 1. The first-order valence-corrected chi connectivity index (χ1v) is 10.4. The molecule has 1 unspecified atom stereocenters. The van der Waals surface area contributed by atoms with Crippen LogP contribution in [0.15, 0.2) is 78.9 Å². The molecule has 0 bridgehead atoms. The second-order valence-corrected chi connectivity index (χ2v) is 7.94. The molecular formula is C26H25N3O. The molecule has 5 rings (SSSR count). The van der Waals surface area contributed by atoms with Crippen molar-refractivity contribution < 1.29 is 4.74 Å². The van der Waals surface area contributed by atoms with Crippen LogP contribution in [0.1, 0.15) is 23.6 Å². The van der Waals surface area contributed by atoms with Crippen molar-refractivity contribution in [2.24, 2.45) is 0 Å². The molecule has 1 aliphatic rings. The van der Waals surface area contributed by atoms with E-state index in [0.29, 0.717) is 5.92 Å². The van der Waals surface area contributed by atoms with Gasteiger partial charge < -0.3 is 15.4 Å². The highest BCUT2D eigenvalue weighted by molar-refractivity contribution is 5.93. The molecule has 30 heavy (non-hydrogen) atoms. The zero-order valence-corrected chi connectivity index (χ0v) is 17.1. The van der Waals surface area contributed by atoms with Gasteiger partial charge in [-0.05, 0) is 61.4 Å². The maximum atomic E-state index is 6.25. The summed E-state index contributed by atoms with van der Waals surface area (Å²) < 4.78 is 6.08. The lowest BCUT2D eigenvalue weighted by molar-refractivity contribution is 0.483. The molecule has 4 aromatic rings. The van der Waals surface area contributed by atoms with E-state index < -0.39 is 0 Å². The summed E-state index contributed by atoms with van der Waals surface area (Å²) in [6.45, 7) is 4.01. The van der Waals surface area contributed by atoms with Gasteiger partial charge in [0.1, 0.15) is 11.5 Å². The number of aromatic nitrogens is 1. The molecule has 4 nitrogen and oxygen atoms in total. The quantitative estimate of drug-likeness (QED) is 0.436. The van der Waals surface area contributed by atoms with Crippen LogP contribution in [0.25, 0.3) is 10.9 Å². The second-order valence-electron chi connectivity index (χ2n) is 7.94. The maximum Gasteiger partial charge on any atom is 0.128 e. The fraction of sp³-hybridized carbons (Fsp3) is 0.192. The molecule has 2 heterocycles. The van der Waals surface area contributed by atoms with E-state index in [1.807, 2.05) is 54.6 Å². The number of pyridine rings is 1. The first kappa shape index (κ1) is 18.5. The summed E-state index contributed by atoms with van der Waals surface area (Å²) >= 11 is 0. The van der Waals surface area contributed by atoms with Gasteiger partial charge in [0.25, 0.3) is 0 Å². The number of anilines is 2. The average Bonchev–Trinajstić information content (AvgIpc) is 3.24. The largest absolute Gasteiger partial charge is 0.457 e. The Morgan fingerprint density at radius 2 is 1.73 bits per heavy atom. The summed E-state index contributed by atoms with van der Waals surface area (Å²) in [4.78, 5) is 7.20. The van der Waals surface area contributed by atoms with Crippen molar-refractivity contribution in [2.45, 2.75) is 19.3 Å². The molecule has 1 atom stereocenters. The standard InChI is InChI=1S/C26H25N3O/c1-18-15-26(29-14-13-19(17-29)22-9-5-6-10-24(22)27)23-16-21(11-12-25(23)28-18)30-20-7-3-2-4-8-20/h2-12,15-16,19H,13-14,17,27H2,1H3. The predicted molar refractivity (Wildman–Crippen MR) is 123 cm³/mol. The van der Waals surface area contributed by atoms with Crippen LogP contribution in [0.5, 0.6) is 11.5 Å². The van der Waals surface area contributed by atoms with Gasteiger partial charge in [-0.25, -0.2) is 0 Å². The Balaban J connectivity index is 1.49. The van der Waals surface area contributed by atoms with Crippen molar-refractivity contribution in [1.82, 2.24) is 4.98 Å². The van der Waals surface area contributed by atoms with Crippen molar-refractivity contribution in [3.63, 3.8) is 0 Å². The smallest absolute Gasteiger partial charge is 0.128 e. The number of nitrogens with zero attached hydrogens (tertiary/aromatic N) is 2. The van der Waals surface area contributed by atoms with Crippen LogP contribution in [0.2, 0.25) is 0 Å². The van der Waals surface area contributed by atoms with E-state index in [-0.39, 0.29) is 0 Å². The van der Waals surface area contributed by atoms with Gasteiger partial charge in [-0.1, -0.05) is 36.4 Å². The lowest BCUT2D eigenvalue weighted by Gasteiger charge is -2.22. The summed E-state index contributed by atoms with van der Waals surface area (Å²) in [6.07, 6.45) is 1.09. The van der Waals surface area contributed by atoms with E-state index >= 15 is 0 Å². The third kappa shape index (κ3) is 3.57. The molecule has 3 aromatic carbocycles. The summed E-state index contributed by atoms with van der Waals surface area (Å²) in [6, 6.07) is 26.4. The van der Waals surface area contributed by atoms with Gasteiger partial charge in [0.15, 0.2) is 0 Å². The Morgan fingerprint density at radius 1 is 0.933 bits per heavy atom. The van der Waals surface area contributed by atoms with Gasteiger partial charge in [-0.15, -0.1) is 0 Å². The lowest BCUT2D eigenvalue weighted by atomic mass is 9.97. The molecular weight excluding hydrogens is 370 g/mol. The van der Waals surface area contributed by atoms with Crippen LogP contribution in [0.3, 0.4) is 0 Å². The molecule has 1 fully saturated rings. The van der Waals surface area contributed by atoms with Crippen molar-refractivity contribution in [2.75, 3.05) is 23.7 Å². The normalized spacial score (nSPS) is 16.2. The molecule has 0 amide bonds. The zero-order valence-electron chi connectivity index (χ0n) is 17.1. The molecule has 2 N–H and O–H groups in total.